The van der Waals surface area contributed by atoms with Gasteiger partial charge >= 0.3 is 0 Å². The normalized spacial score (nSPS) is 18.5. The third-order valence-corrected chi connectivity index (χ3v) is 6.41. The summed E-state index contributed by atoms with van der Waals surface area (Å²) in [6.45, 7) is 2.56. The Morgan fingerprint density at radius 2 is 1.87 bits per heavy atom. The van der Waals surface area contributed by atoms with Crippen molar-refractivity contribution in [2.24, 2.45) is 0 Å². The van der Waals surface area contributed by atoms with Crippen molar-refractivity contribution in [3.8, 4) is 5.82 Å². The van der Waals surface area contributed by atoms with Crippen molar-refractivity contribution < 1.29 is 14.0 Å². The minimum Gasteiger partial charge on any atom is -0.357 e. The molecule has 1 saturated heterocycles. The van der Waals surface area contributed by atoms with E-state index < -0.39 is 17.5 Å². The van der Waals surface area contributed by atoms with E-state index >= 15 is 0 Å². The molecule has 1 N–H and O–H groups in total. The van der Waals surface area contributed by atoms with Gasteiger partial charge in [-0.2, -0.15) is 0 Å². The molecule has 2 fully saturated rings. The highest BCUT2D eigenvalue weighted by Gasteiger charge is 2.32. The van der Waals surface area contributed by atoms with E-state index in [2.05, 4.69) is 25.2 Å². The van der Waals surface area contributed by atoms with Crippen LogP contribution in [0, 0.1) is 5.82 Å². The summed E-state index contributed by atoms with van der Waals surface area (Å²) in [4.78, 5) is 36.9. The molecule has 0 atom stereocenters. The number of H-pyrrole nitrogens is 1. The highest BCUT2D eigenvalue weighted by molar-refractivity contribution is 6.45. The number of hydrogen-bond acceptors (Lipinski definition) is 6. The van der Waals surface area contributed by atoms with Crippen molar-refractivity contribution in [2.75, 3.05) is 26.2 Å². The van der Waals surface area contributed by atoms with E-state index in [-0.39, 0.29) is 10.9 Å². The number of ketones is 1. The van der Waals surface area contributed by atoms with E-state index in [1.54, 1.807) is 11.1 Å². The van der Waals surface area contributed by atoms with Gasteiger partial charge in [0.2, 0.25) is 0 Å². The Bertz CT molecular complexity index is 1100. The van der Waals surface area contributed by atoms with Gasteiger partial charge in [-0.25, -0.2) is 14.1 Å². The van der Waals surface area contributed by atoms with Gasteiger partial charge in [-0.05, 0) is 12.8 Å². The standard InChI is InChI=1S/C21H24FN7O2/c22-16-13-24-20(29-7-6-25-26-29)18-17(16)15(12-23-18)19(30)21(31)28-10-8-27(9-11-28)14-4-2-1-3-5-14/h6-7,12-14,23H,1-5,8-11H2. The Labute approximate surface area is 178 Å². The van der Waals surface area contributed by atoms with Gasteiger partial charge in [0.25, 0.3) is 11.7 Å². The predicted octanol–water partition coefficient (Wildman–Crippen LogP) is 1.94. The second kappa shape index (κ2) is 8.18. The van der Waals surface area contributed by atoms with Crippen molar-refractivity contribution in [1.29, 1.82) is 0 Å². The monoisotopic (exact) mass is 425 g/mol. The number of halogens is 1. The zero-order chi connectivity index (χ0) is 21.4. The van der Waals surface area contributed by atoms with Crippen LogP contribution in [0.1, 0.15) is 42.5 Å². The van der Waals surface area contributed by atoms with Crippen molar-refractivity contribution in [2.45, 2.75) is 38.1 Å². The molecule has 5 rings (SSSR count). The number of pyridine rings is 1. The van der Waals surface area contributed by atoms with E-state index in [9.17, 15) is 14.0 Å². The first kappa shape index (κ1) is 19.8. The van der Waals surface area contributed by atoms with Crippen LogP contribution in [0.15, 0.2) is 24.8 Å². The Balaban J connectivity index is 1.34. The van der Waals surface area contributed by atoms with E-state index in [0.29, 0.717) is 30.5 Å². The fourth-order valence-electron chi connectivity index (χ4n) is 4.76. The SMILES string of the molecule is O=C(C(=O)N1CCN(C2CCCCC2)CC1)c1c[nH]c2c(-n3ccnn3)ncc(F)c12. The van der Waals surface area contributed by atoms with Crippen molar-refractivity contribution in [3.05, 3.63) is 36.2 Å². The van der Waals surface area contributed by atoms with Crippen molar-refractivity contribution >= 4 is 22.6 Å². The maximum atomic E-state index is 14.6. The summed E-state index contributed by atoms with van der Waals surface area (Å²) in [6, 6.07) is 0.590. The molecular formula is C21H24FN7O2. The van der Waals surface area contributed by atoms with Crippen LogP contribution >= 0.6 is 0 Å². The topological polar surface area (TPSA) is 100 Å². The smallest absolute Gasteiger partial charge is 0.295 e. The maximum Gasteiger partial charge on any atom is 0.295 e. The van der Waals surface area contributed by atoms with Crippen LogP contribution in [0.5, 0.6) is 0 Å². The average Bonchev–Trinajstić information content (AvgIpc) is 3.50. The van der Waals surface area contributed by atoms with Gasteiger partial charge in [-0.1, -0.05) is 24.5 Å². The van der Waals surface area contributed by atoms with E-state index in [1.165, 1.54) is 49.2 Å². The van der Waals surface area contributed by atoms with Gasteiger partial charge in [-0.15, -0.1) is 5.10 Å². The van der Waals surface area contributed by atoms with Gasteiger partial charge < -0.3 is 9.88 Å². The van der Waals surface area contributed by atoms with Crippen LogP contribution < -0.4 is 0 Å². The maximum absolute atomic E-state index is 14.6. The van der Waals surface area contributed by atoms with Crippen LogP contribution in [-0.4, -0.2) is 78.7 Å². The number of rotatable bonds is 4. The van der Waals surface area contributed by atoms with Gasteiger partial charge in [0.1, 0.15) is 0 Å². The number of carbonyl (C=O) groups excluding carboxylic acids is 2. The number of amides is 1. The van der Waals surface area contributed by atoms with E-state index in [1.807, 2.05) is 0 Å². The third-order valence-electron chi connectivity index (χ3n) is 6.41. The highest BCUT2D eigenvalue weighted by Crippen LogP contribution is 2.27. The number of carbonyl (C=O) groups is 2. The molecule has 2 aliphatic rings. The summed E-state index contributed by atoms with van der Waals surface area (Å²) in [5, 5.41) is 7.65. The second-order valence-electron chi connectivity index (χ2n) is 8.18. The summed E-state index contributed by atoms with van der Waals surface area (Å²) in [5.74, 6) is -1.67. The van der Waals surface area contributed by atoms with Crippen LogP contribution in [0.2, 0.25) is 0 Å². The molecule has 0 radical (unpaired) electrons. The zero-order valence-corrected chi connectivity index (χ0v) is 17.1. The molecule has 0 unspecified atom stereocenters. The molecule has 1 aliphatic heterocycles. The largest absolute Gasteiger partial charge is 0.357 e. The molecule has 0 aromatic carbocycles. The Hall–Kier alpha value is -3.14. The molecule has 1 aliphatic carbocycles. The van der Waals surface area contributed by atoms with Crippen LogP contribution in [0.4, 0.5) is 4.39 Å². The molecule has 0 spiro atoms. The Kier molecular flexibility index (Phi) is 5.23. The van der Waals surface area contributed by atoms with Crippen LogP contribution in [0.3, 0.4) is 0 Å². The number of nitrogens with one attached hydrogen (secondary N) is 1. The molecule has 10 heteroatoms. The lowest BCUT2D eigenvalue weighted by Gasteiger charge is -2.40. The second-order valence-corrected chi connectivity index (χ2v) is 8.18. The minimum absolute atomic E-state index is 0.0102. The fraction of sp³-hybridized carbons (Fsp3) is 0.476. The van der Waals surface area contributed by atoms with Crippen molar-refractivity contribution in [1.82, 2.24) is 34.8 Å². The number of aromatic nitrogens is 5. The minimum atomic E-state index is -0.716. The first-order valence-electron chi connectivity index (χ1n) is 10.7. The molecule has 0 bridgehead atoms. The third kappa shape index (κ3) is 3.60. The highest BCUT2D eigenvalue weighted by atomic mass is 19.1. The van der Waals surface area contributed by atoms with Crippen LogP contribution in [-0.2, 0) is 4.79 Å². The van der Waals surface area contributed by atoms with E-state index in [4.69, 9.17) is 0 Å². The lowest BCUT2D eigenvalue weighted by atomic mass is 9.94. The Morgan fingerprint density at radius 1 is 1.10 bits per heavy atom. The number of nitrogens with zero attached hydrogens (tertiary/aromatic N) is 6. The summed E-state index contributed by atoms with van der Waals surface area (Å²) in [5.41, 5.74) is 0.305. The first-order chi connectivity index (χ1) is 15.1. The molecule has 3 aromatic heterocycles. The van der Waals surface area contributed by atoms with Gasteiger partial charge in [0.15, 0.2) is 11.6 Å². The summed E-state index contributed by atoms with van der Waals surface area (Å²) in [6.07, 6.45) is 11.7. The Morgan fingerprint density at radius 3 is 2.58 bits per heavy atom. The van der Waals surface area contributed by atoms with Gasteiger partial charge in [0.05, 0.1) is 35.1 Å². The summed E-state index contributed by atoms with van der Waals surface area (Å²) >= 11 is 0. The predicted molar refractivity (Wildman–Crippen MR) is 110 cm³/mol. The first-order valence-corrected chi connectivity index (χ1v) is 10.7. The number of piperazine rings is 1. The molecule has 4 heterocycles. The lowest BCUT2D eigenvalue weighted by Crippen LogP contribution is -2.53. The molecule has 9 nitrogen and oxygen atoms in total. The van der Waals surface area contributed by atoms with Crippen molar-refractivity contribution in [3.63, 3.8) is 0 Å². The lowest BCUT2D eigenvalue weighted by molar-refractivity contribution is -0.128. The molecule has 1 saturated carbocycles. The average molecular weight is 425 g/mol. The zero-order valence-electron chi connectivity index (χ0n) is 17.1. The van der Waals surface area contributed by atoms with Crippen LogP contribution in [0.25, 0.3) is 16.7 Å². The van der Waals surface area contributed by atoms with E-state index in [0.717, 1.165) is 19.3 Å². The quantitative estimate of drug-likeness (QED) is 0.507. The molecular weight excluding hydrogens is 401 g/mol. The summed E-state index contributed by atoms with van der Waals surface area (Å²) in [7, 11) is 0. The molecule has 3 aromatic rings. The van der Waals surface area contributed by atoms with Gasteiger partial charge in [0, 0.05) is 38.4 Å². The summed E-state index contributed by atoms with van der Waals surface area (Å²) < 4.78 is 16.0. The van der Waals surface area contributed by atoms with Gasteiger partial charge in [-0.3, -0.25) is 14.5 Å². The molecule has 162 valence electrons. The number of fused-ring (bicyclic) bond motifs is 1. The molecule has 31 heavy (non-hydrogen) atoms. The fourth-order valence-corrected chi connectivity index (χ4v) is 4.76. The number of hydrogen-bond donors (Lipinski definition) is 1. The number of Topliss-reactive ketones (excluding diaryl/α,β-unsaturated/α-hetero) is 1. The number of aromatic amines is 1. The molecule has 1 amide bonds.